The molecule has 2 rings (SSSR count). The summed E-state index contributed by atoms with van der Waals surface area (Å²) >= 11 is 1.62. The Morgan fingerprint density at radius 3 is 2.89 bits per heavy atom. The highest BCUT2D eigenvalue weighted by Crippen LogP contribution is 2.32. The maximum Gasteiger partial charge on any atom is 0.103 e. The Bertz CT molecular complexity index is 360. The molecule has 1 N–H and O–H groups in total. The van der Waals surface area contributed by atoms with Crippen LogP contribution in [0.2, 0.25) is 0 Å². The van der Waals surface area contributed by atoms with Gasteiger partial charge in [0.25, 0.3) is 0 Å². The molecule has 18 heavy (non-hydrogen) atoms. The fraction of sp³-hybridized carbons (Fsp3) is 0.571. The molecular weight excluding hydrogens is 246 g/mol. The summed E-state index contributed by atoms with van der Waals surface area (Å²) in [6.45, 7) is 8.21. The van der Waals surface area contributed by atoms with Crippen LogP contribution < -0.4 is 0 Å². The van der Waals surface area contributed by atoms with Gasteiger partial charge >= 0.3 is 0 Å². The molecule has 1 saturated heterocycles. The van der Waals surface area contributed by atoms with E-state index in [2.05, 4.69) is 11.5 Å². The van der Waals surface area contributed by atoms with Crippen molar-refractivity contribution in [3.63, 3.8) is 0 Å². The van der Waals surface area contributed by atoms with E-state index in [-0.39, 0.29) is 0 Å². The van der Waals surface area contributed by atoms with E-state index >= 15 is 0 Å². The Morgan fingerprint density at radius 2 is 2.28 bits per heavy atom. The number of morpholine rings is 1. The van der Waals surface area contributed by atoms with Gasteiger partial charge in [-0.2, -0.15) is 0 Å². The van der Waals surface area contributed by atoms with Gasteiger partial charge in [-0.1, -0.05) is 12.1 Å². The number of thiophene rings is 1. The Kier molecular flexibility index (Phi) is 4.95. The van der Waals surface area contributed by atoms with Crippen molar-refractivity contribution in [2.75, 3.05) is 32.8 Å². The van der Waals surface area contributed by atoms with Crippen molar-refractivity contribution < 1.29 is 9.84 Å². The number of hydrogen-bond donors (Lipinski definition) is 1. The third-order valence-corrected chi connectivity index (χ3v) is 4.47. The molecule has 0 aromatic carbocycles. The van der Waals surface area contributed by atoms with Crippen LogP contribution in [-0.4, -0.2) is 42.9 Å². The molecule has 1 aliphatic heterocycles. The molecule has 100 valence electrons. The summed E-state index contributed by atoms with van der Waals surface area (Å²) in [4.78, 5) is 3.39. The Labute approximate surface area is 113 Å². The van der Waals surface area contributed by atoms with Gasteiger partial charge in [0.2, 0.25) is 0 Å². The van der Waals surface area contributed by atoms with Crippen LogP contribution in [0.5, 0.6) is 0 Å². The third-order valence-electron chi connectivity index (χ3n) is 3.41. The molecule has 2 heterocycles. The molecule has 0 aliphatic carbocycles. The summed E-state index contributed by atoms with van der Waals surface area (Å²) in [7, 11) is 0. The lowest BCUT2D eigenvalue weighted by molar-refractivity contribution is -0.000971. The number of ether oxygens (including phenoxy) is 1. The summed E-state index contributed by atoms with van der Waals surface area (Å²) in [5, 5.41) is 12.8. The van der Waals surface area contributed by atoms with Crippen molar-refractivity contribution in [3.8, 4) is 0 Å². The lowest BCUT2D eigenvalue weighted by Crippen LogP contribution is -2.39. The summed E-state index contributed by atoms with van der Waals surface area (Å²) in [6.07, 6.45) is 3.16. The number of nitrogens with zero attached hydrogens (tertiary/aromatic N) is 1. The fourth-order valence-electron chi connectivity index (χ4n) is 2.28. The average Bonchev–Trinajstić information content (AvgIpc) is 2.93. The molecule has 0 saturated carbocycles. The van der Waals surface area contributed by atoms with Gasteiger partial charge in [-0.05, 0) is 24.3 Å². The molecule has 0 radical (unpaired) electrons. The first-order valence-corrected chi connectivity index (χ1v) is 7.30. The van der Waals surface area contributed by atoms with Crippen molar-refractivity contribution in [1.29, 1.82) is 0 Å². The van der Waals surface area contributed by atoms with Crippen LogP contribution in [-0.2, 0) is 10.3 Å². The molecule has 0 bridgehead atoms. The lowest BCUT2D eigenvalue weighted by Gasteiger charge is -2.32. The monoisotopic (exact) mass is 267 g/mol. The van der Waals surface area contributed by atoms with Crippen molar-refractivity contribution in [2.45, 2.75) is 18.4 Å². The summed E-state index contributed by atoms with van der Waals surface area (Å²) in [5.74, 6) is 0. The van der Waals surface area contributed by atoms with E-state index in [0.717, 1.165) is 44.1 Å². The largest absolute Gasteiger partial charge is 0.384 e. The second-order valence-corrected chi connectivity index (χ2v) is 5.65. The molecule has 1 aromatic rings. The molecule has 1 fully saturated rings. The fourth-order valence-corrected chi connectivity index (χ4v) is 3.14. The van der Waals surface area contributed by atoms with E-state index in [0.29, 0.717) is 6.42 Å². The van der Waals surface area contributed by atoms with E-state index in [9.17, 15) is 5.11 Å². The molecular formula is C14H21NO2S. The SMILES string of the molecule is C=CCC(O)(CCN1CCOCC1)c1cccs1. The van der Waals surface area contributed by atoms with Crippen LogP contribution >= 0.6 is 11.3 Å². The van der Waals surface area contributed by atoms with Crippen LogP contribution in [0.3, 0.4) is 0 Å². The highest BCUT2D eigenvalue weighted by atomic mass is 32.1. The highest BCUT2D eigenvalue weighted by molar-refractivity contribution is 7.10. The zero-order chi connectivity index (χ0) is 12.8. The Hall–Kier alpha value is -0.680. The van der Waals surface area contributed by atoms with E-state index < -0.39 is 5.60 Å². The predicted molar refractivity (Wildman–Crippen MR) is 74.9 cm³/mol. The van der Waals surface area contributed by atoms with Crippen molar-refractivity contribution in [3.05, 3.63) is 35.0 Å². The van der Waals surface area contributed by atoms with Crippen molar-refractivity contribution >= 4 is 11.3 Å². The molecule has 4 heteroatoms. The zero-order valence-electron chi connectivity index (χ0n) is 10.7. The zero-order valence-corrected chi connectivity index (χ0v) is 11.5. The first kappa shape index (κ1) is 13.7. The average molecular weight is 267 g/mol. The van der Waals surface area contributed by atoms with Gasteiger partial charge in [-0.25, -0.2) is 0 Å². The van der Waals surface area contributed by atoms with Gasteiger partial charge in [0.1, 0.15) is 5.60 Å². The van der Waals surface area contributed by atoms with Crippen molar-refractivity contribution in [1.82, 2.24) is 4.90 Å². The van der Waals surface area contributed by atoms with Gasteiger partial charge in [-0.15, -0.1) is 17.9 Å². The molecule has 0 amide bonds. The van der Waals surface area contributed by atoms with E-state index in [1.54, 1.807) is 17.4 Å². The molecule has 1 atom stereocenters. The standard InChI is InChI=1S/C14H21NO2S/c1-2-5-14(16,13-4-3-12-18-13)6-7-15-8-10-17-11-9-15/h2-4,12,16H,1,5-11H2. The predicted octanol–water partition coefficient (Wildman–Crippen LogP) is 2.23. The topological polar surface area (TPSA) is 32.7 Å². The first-order valence-electron chi connectivity index (χ1n) is 6.42. The van der Waals surface area contributed by atoms with E-state index in [4.69, 9.17) is 4.74 Å². The molecule has 1 aliphatic rings. The van der Waals surface area contributed by atoms with Crippen LogP contribution in [0.4, 0.5) is 0 Å². The van der Waals surface area contributed by atoms with Gasteiger partial charge < -0.3 is 9.84 Å². The van der Waals surface area contributed by atoms with Gasteiger partial charge in [0.05, 0.1) is 13.2 Å². The Morgan fingerprint density at radius 1 is 1.50 bits per heavy atom. The number of aliphatic hydroxyl groups is 1. The normalized spacial score (nSPS) is 20.5. The second kappa shape index (κ2) is 6.48. The smallest absolute Gasteiger partial charge is 0.103 e. The summed E-state index contributed by atoms with van der Waals surface area (Å²) < 4.78 is 5.33. The Balaban J connectivity index is 1.95. The van der Waals surface area contributed by atoms with Crippen molar-refractivity contribution in [2.24, 2.45) is 0 Å². The van der Waals surface area contributed by atoms with Gasteiger partial charge in [-0.3, -0.25) is 4.90 Å². The maximum absolute atomic E-state index is 10.8. The maximum atomic E-state index is 10.8. The second-order valence-electron chi connectivity index (χ2n) is 4.71. The van der Waals surface area contributed by atoms with Crippen LogP contribution in [0.1, 0.15) is 17.7 Å². The van der Waals surface area contributed by atoms with E-state index in [1.807, 2.05) is 17.5 Å². The quantitative estimate of drug-likeness (QED) is 0.802. The minimum atomic E-state index is -0.756. The number of rotatable bonds is 6. The number of hydrogen-bond acceptors (Lipinski definition) is 4. The minimum absolute atomic E-state index is 0.609. The van der Waals surface area contributed by atoms with Gasteiger partial charge in [0.15, 0.2) is 0 Å². The molecule has 1 aromatic heterocycles. The molecule has 0 spiro atoms. The molecule has 3 nitrogen and oxygen atoms in total. The van der Waals surface area contributed by atoms with Gasteiger partial charge in [0, 0.05) is 24.5 Å². The summed E-state index contributed by atoms with van der Waals surface area (Å²) in [5.41, 5.74) is -0.756. The third kappa shape index (κ3) is 3.42. The minimum Gasteiger partial charge on any atom is -0.384 e. The van der Waals surface area contributed by atoms with Crippen LogP contribution in [0, 0.1) is 0 Å². The van der Waals surface area contributed by atoms with E-state index in [1.165, 1.54) is 0 Å². The lowest BCUT2D eigenvalue weighted by atomic mass is 9.93. The van der Waals surface area contributed by atoms with Crippen LogP contribution in [0.25, 0.3) is 0 Å². The van der Waals surface area contributed by atoms with Crippen LogP contribution in [0.15, 0.2) is 30.2 Å². The molecule has 1 unspecified atom stereocenters. The first-order chi connectivity index (χ1) is 8.74. The summed E-state index contributed by atoms with van der Waals surface area (Å²) in [6, 6.07) is 4.00. The highest BCUT2D eigenvalue weighted by Gasteiger charge is 2.29.